The molecule has 0 aliphatic heterocycles. The first-order valence-corrected chi connectivity index (χ1v) is 4.07. The number of nitrogens with zero attached hydrogens (tertiary/aromatic N) is 2. The van der Waals surface area contributed by atoms with E-state index in [9.17, 15) is 10.1 Å². The Hall–Kier alpha value is -1.40. The minimum absolute atomic E-state index is 0.0613. The molecule has 7 heteroatoms. The second-order valence-electron chi connectivity index (χ2n) is 2.29. The zero-order valence-electron chi connectivity index (χ0n) is 7.01. The van der Waals surface area contributed by atoms with E-state index in [1.54, 1.807) is 0 Å². The van der Waals surface area contributed by atoms with E-state index < -0.39 is 4.92 Å². The molecule has 1 aromatic heterocycles. The van der Waals surface area contributed by atoms with Gasteiger partial charge in [-0.2, -0.15) is 4.98 Å². The topological polar surface area (TPSA) is 85.5 Å². The van der Waals surface area contributed by atoms with Crippen LogP contribution in [0.1, 0.15) is 0 Å². The third kappa shape index (κ3) is 2.54. The summed E-state index contributed by atoms with van der Waals surface area (Å²) in [5.74, 6) is -0.184. The maximum Gasteiger partial charge on any atom is 0.331 e. The molecule has 1 N–H and O–H groups in total. The number of hydrogen-bond acceptors (Lipinski definition) is 5. The van der Waals surface area contributed by atoms with E-state index in [1.807, 2.05) is 0 Å². The number of pyridine rings is 1. The van der Waals surface area contributed by atoms with Gasteiger partial charge >= 0.3 is 5.69 Å². The number of hydrogen-bond donors (Lipinski definition) is 1. The second-order valence-corrected chi connectivity index (χ2v) is 2.67. The van der Waals surface area contributed by atoms with E-state index in [-0.39, 0.29) is 29.9 Å². The van der Waals surface area contributed by atoms with Crippen molar-refractivity contribution in [2.45, 2.75) is 0 Å². The van der Waals surface area contributed by atoms with Crippen LogP contribution in [0.5, 0.6) is 5.88 Å². The number of aliphatic hydroxyl groups is 1. The zero-order chi connectivity index (χ0) is 10.6. The van der Waals surface area contributed by atoms with Crippen molar-refractivity contribution in [2.75, 3.05) is 13.2 Å². The highest BCUT2D eigenvalue weighted by Gasteiger charge is 2.16. The summed E-state index contributed by atoms with van der Waals surface area (Å²) in [5.41, 5.74) is -0.275. The summed E-state index contributed by atoms with van der Waals surface area (Å²) < 4.78 is 4.84. The van der Waals surface area contributed by atoms with Gasteiger partial charge < -0.3 is 9.84 Å². The molecule has 0 aliphatic rings. The van der Waals surface area contributed by atoms with Crippen LogP contribution >= 0.6 is 11.6 Å². The molecule has 0 fully saturated rings. The van der Waals surface area contributed by atoms with Gasteiger partial charge in [-0.05, 0) is 6.07 Å². The number of nitro groups is 1. The van der Waals surface area contributed by atoms with E-state index in [1.165, 1.54) is 12.1 Å². The molecule has 0 saturated heterocycles. The van der Waals surface area contributed by atoms with Gasteiger partial charge in [-0.15, -0.1) is 0 Å². The highest BCUT2D eigenvalue weighted by atomic mass is 35.5. The summed E-state index contributed by atoms with van der Waals surface area (Å²) in [5, 5.41) is 19.0. The Morgan fingerprint density at radius 2 is 2.36 bits per heavy atom. The third-order valence-electron chi connectivity index (χ3n) is 1.33. The number of rotatable bonds is 4. The fourth-order valence-corrected chi connectivity index (χ4v) is 0.938. The molecule has 0 bridgehead atoms. The van der Waals surface area contributed by atoms with Gasteiger partial charge in [0.25, 0.3) is 5.88 Å². The molecule has 1 aromatic rings. The lowest BCUT2D eigenvalue weighted by Gasteiger charge is -2.03. The lowest BCUT2D eigenvalue weighted by molar-refractivity contribution is -0.386. The van der Waals surface area contributed by atoms with Crippen LogP contribution in [0.25, 0.3) is 0 Å². The normalized spacial score (nSPS) is 9.86. The maximum atomic E-state index is 10.5. The number of ether oxygens (including phenoxy) is 1. The van der Waals surface area contributed by atoms with E-state index in [4.69, 9.17) is 21.4 Å². The van der Waals surface area contributed by atoms with E-state index >= 15 is 0 Å². The SMILES string of the molecule is O=[N+]([O-])c1ccc(Cl)nc1OCCO. The van der Waals surface area contributed by atoms with Gasteiger partial charge in [-0.3, -0.25) is 10.1 Å². The van der Waals surface area contributed by atoms with Gasteiger partial charge in [0.05, 0.1) is 11.5 Å². The number of halogens is 1. The Labute approximate surface area is 84.2 Å². The van der Waals surface area contributed by atoms with Crippen LogP contribution in [0.4, 0.5) is 5.69 Å². The van der Waals surface area contributed by atoms with Crippen LogP contribution in [-0.4, -0.2) is 28.2 Å². The smallest absolute Gasteiger partial charge is 0.331 e. The number of aliphatic hydroxyl groups excluding tert-OH is 1. The van der Waals surface area contributed by atoms with Crippen molar-refractivity contribution in [1.82, 2.24) is 4.98 Å². The predicted molar refractivity (Wildman–Crippen MR) is 48.5 cm³/mol. The Morgan fingerprint density at radius 1 is 1.64 bits per heavy atom. The first-order chi connectivity index (χ1) is 6.65. The summed E-state index contributed by atoms with van der Waals surface area (Å²) >= 11 is 5.52. The van der Waals surface area contributed by atoms with Crippen LogP contribution in [0.2, 0.25) is 5.15 Å². The molecule has 0 spiro atoms. The molecule has 1 rings (SSSR count). The van der Waals surface area contributed by atoms with Crippen molar-refractivity contribution in [2.24, 2.45) is 0 Å². The van der Waals surface area contributed by atoms with Gasteiger partial charge in [-0.1, -0.05) is 11.6 Å². The molecular formula is C7H7ClN2O4. The van der Waals surface area contributed by atoms with Crippen molar-refractivity contribution < 1.29 is 14.8 Å². The molecule has 1 heterocycles. The third-order valence-corrected chi connectivity index (χ3v) is 1.54. The molecule has 0 radical (unpaired) electrons. The van der Waals surface area contributed by atoms with Gasteiger partial charge in [0.2, 0.25) is 0 Å². The summed E-state index contributed by atoms with van der Waals surface area (Å²) in [4.78, 5) is 13.5. The van der Waals surface area contributed by atoms with Gasteiger partial charge in [0.15, 0.2) is 0 Å². The fraction of sp³-hybridized carbons (Fsp3) is 0.286. The lowest BCUT2D eigenvalue weighted by atomic mass is 10.4. The first kappa shape index (κ1) is 10.7. The average molecular weight is 219 g/mol. The summed E-state index contributed by atoms with van der Waals surface area (Å²) in [6, 6.07) is 2.49. The Kier molecular flexibility index (Phi) is 3.61. The largest absolute Gasteiger partial charge is 0.470 e. The quantitative estimate of drug-likeness (QED) is 0.463. The highest BCUT2D eigenvalue weighted by Crippen LogP contribution is 2.25. The van der Waals surface area contributed by atoms with Gasteiger partial charge in [0.1, 0.15) is 11.8 Å². The second kappa shape index (κ2) is 4.73. The maximum absolute atomic E-state index is 10.5. The molecule has 0 unspecified atom stereocenters. The average Bonchev–Trinajstić information content (AvgIpc) is 2.14. The molecule has 0 aromatic carbocycles. The van der Waals surface area contributed by atoms with Crippen molar-refractivity contribution in [3.05, 3.63) is 27.4 Å². The van der Waals surface area contributed by atoms with Crippen molar-refractivity contribution in [3.63, 3.8) is 0 Å². The van der Waals surface area contributed by atoms with Crippen molar-refractivity contribution in [1.29, 1.82) is 0 Å². The predicted octanol–water partition coefficient (Wildman–Crippen LogP) is 1.01. The Balaban J connectivity index is 2.97. The number of aromatic nitrogens is 1. The van der Waals surface area contributed by atoms with Crippen LogP contribution in [-0.2, 0) is 0 Å². The molecular weight excluding hydrogens is 212 g/mol. The van der Waals surface area contributed by atoms with Gasteiger partial charge in [0, 0.05) is 6.07 Å². The fourth-order valence-electron chi connectivity index (χ4n) is 0.798. The Morgan fingerprint density at radius 3 is 2.93 bits per heavy atom. The molecule has 14 heavy (non-hydrogen) atoms. The molecule has 0 atom stereocenters. The van der Waals surface area contributed by atoms with E-state index in [2.05, 4.69) is 4.98 Å². The van der Waals surface area contributed by atoms with Crippen LogP contribution in [0.3, 0.4) is 0 Å². The standard InChI is InChI=1S/C7H7ClN2O4/c8-6-2-1-5(10(12)13)7(9-6)14-4-3-11/h1-2,11H,3-4H2. The molecule has 0 amide bonds. The summed E-state index contributed by atoms with van der Waals surface area (Å²) in [6.07, 6.45) is 0. The summed E-state index contributed by atoms with van der Waals surface area (Å²) in [6.45, 7) is -0.306. The van der Waals surface area contributed by atoms with Crippen molar-refractivity contribution in [3.8, 4) is 5.88 Å². The minimum Gasteiger partial charge on any atom is -0.470 e. The Bertz CT molecular complexity index is 344. The van der Waals surface area contributed by atoms with Crippen LogP contribution in [0.15, 0.2) is 12.1 Å². The molecule has 6 nitrogen and oxygen atoms in total. The summed E-state index contributed by atoms with van der Waals surface area (Å²) in [7, 11) is 0. The monoisotopic (exact) mass is 218 g/mol. The van der Waals surface area contributed by atoms with Crippen LogP contribution < -0.4 is 4.74 Å². The molecule has 0 saturated carbocycles. The van der Waals surface area contributed by atoms with Crippen molar-refractivity contribution >= 4 is 17.3 Å². The molecule has 76 valence electrons. The van der Waals surface area contributed by atoms with E-state index in [0.717, 1.165) is 0 Å². The van der Waals surface area contributed by atoms with Gasteiger partial charge in [-0.25, -0.2) is 0 Å². The molecule has 0 aliphatic carbocycles. The highest BCUT2D eigenvalue weighted by molar-refractivity contribution is 6.29. The van der Waals surface area contributed by atoms with Crippen LogP contribution in [0, 0.1) is 10.1 Å². The van der Waals surface area contributed by atoms with E-state index in [0.29, 0.717) is 0 Å². The minimum atomic E-state index is -0.629. The lowest BCUT2D eigenvalue weighted by Crippen LogP contribution is -2.05. The zero-order valence-corrected chi connectivity index (χ0v) is 7.77. The first-order valence-electron chi connectivity index (χ1n) is 3.69.